The first kappa shape index (κ1) is 9.00. The van der Waals surface area contributed by atoms with Gasteiger partial charge in [-0.05, 0) is 11.6 Å². The molecule has 0 spiro atoms. The zero-order valence-corrected chi connectivity index (χ0v) is 8.91. The van der Waals surface area contributed by atoms with Gasteiger partial charge in [-0.1, -0.05) is 31.9 Å². The monoisotopic (exact) mass is 279 g/mol. The summed E-state index contributed by atoms with van der Waals surface area (Å²) in [5, 5.41) is 1.37. The summed E-state index contributed by atoms with van der Waals surface area (Å²) in [7, 11) is 0. The lowest BCUT2D eigenvalue weighted by molar-refractivity contribution is 1.14. The SMILES string of the molecule is O=c1[nH]cc(CBr)cc1CBr. The Hall–Kier alpha value is -0.0900. The third-order valence-corrected chi connectivity index (χ3v) is 2.59. The third-order valence-electron chi connectivity index (χ3n) is 1.34. The molecular weight excluding hydrogens is 274 g/mol. The van der Waals surface area contributed by atoms with Gasteiger partial charge in [-0.2, -0.15) is 0 Å². The second-order valence-corrected chi connectivity index (χ2v) is 3.25. The highest BCUT2D eigenvalue weighted by Crippen LogP contribution is 2.05. The number of halogens is 2. The standard InChI is InChI=1S/C7H7Br2NO/c8-2-5-1-6(3-9)7(11)10-4-5/h1,4H,2-3H2,(H,10,11). The van der Waals surface area contributed by atoms with E-state index in [-0.39, 0.29) is 5.56 Å². The maximum atomic E-state index is 11.0. The number of rotatable bonds is 2. The second kappa shape index (κ2) is 4.07. The van der Waals surface area contributed by atoms with Crippen molar-refractivity contribution in [2.75, 3.05) is 0 Å². The molecule has 0 fully saturated rings. The number of pyridine rings is 1. The van der Waals surface area contributed by atoms with Gasteiger partial charge in [-0.15, -0.1) is 0 Å². The van der Waals surface area contributed by atoms with E-state index in [1.54, 1.807) is 6.20 Å². The maximum absolute atomic E-state index is 11.0. The molecule has 11 heavy (non-hydrogen) atoms. The van der Waals surface area contributed by atoms with E-state index in [2.05, 4.69) is 36.8 Å². The highest BCUT2D eigenvalue weighted by molar-refractivity contribution is 9.08. The fourth-order valence-corrected chi connectivity index (χ4v) is 1.50. The minimum absolute atomic E-state index is 0.0217. The zero-order valence-electron chi connectivity index (χ0n) is 5.73. The second-order valence-electron chi connectivity index (χ2n) is 2.13. The van der Waals surface area contributed by atoms with Crippen LogP contribution in [0.25, 0.3) is 0 Å². The minimum atomic E-state index is -0.0217. The molecule has 0 aromatic carbocycles. The van der Waals surface area contributed by atoms with Gasteiger partial charge in [-0.3, -0.25) is 4.79 Å². The van der Waals surface area contributed by atoms with Crippen molar-refractivity contribution in [3.8, 4) is 0 Å². The van der Waals surface area contributed by atoms with Crippen LogP contribution >= 0.6 is 31.9 Å². The van der Waals surface area contributed by atoms with Gasteiger partial charge >= 0.3 is 0 Å². The van der Waals surface area contributed by atoms with Crippen molar-refractivity contribution in [1.29, 1.82) is 0 Å². The van der Waals surface area contributed by atoms with Crippen LogP contribution in [-0.4, -0.2) is 4.98 Å². The Morgan fingerprint density at radius 2 is 2.09 bits per heavy atom. The van der Waals surface area contributed by atoms with Gasteiger partial charge in [-0.25, -0.2) is 0 Å². The summed E-state index contributed by atoms with van der Waals surface area (Å²) in [5.41, 5.74) is 1.83. The largest absolute Gasteiger partial charge is 0.329 e. The van der Waals surface area contributed by atoms with Gasteiger partial charge in [0, 0.05) is 22.4 Å². The van der Waals surface area contributed by atoms with E-state index in [1.807, 2.05) is 6.07 Å². The molecule has 0 atom stereocenters. The topological polar surface area (TPSA) is 32.9 Å². The van der Waals surface area contributed by atoms with Crippen molar-refractivity contribution in [2.24, 2.45) is 0 Å². The van der Waals surface area contributed by atoms with Crippen LogP contribution in [-0.2, 0) is 10.7 Å². The average Bonchev–Trinajstić information content (AvgIpc) is 2.05. The molecule has 1 rings (SSSR count). The smallest absolute Gasteiger partial charge is 0.251 e. The molecule has 0 unspecified atom stereocenters. The van der Waals surface area contributed by atoms with Crippen LogP contribution in [0.2, 0.25) is 0 Å². The number of alkyl halides is 2. The molecular formula is C7H7Br2NO. The summed E-state index contributed by atoms with van der Waals surface area (Å²) in [6.45, 7) is 0. The number of aromatic nitrogens is 1. The summed E-state index contributed by atoms with van der Waals surface area (Å²) in [6.07, 6.45) is 1.71. The van der Waals surface area contributed by atoms with E-state index >= 15 is 0 Å². The van der Waals surface area contributed by atoms with Gasteiger partial charge < -0.3 is 4.98 Å². The molecule has 0 saturated heterocycles. The van der Waals surface area contributed by atoms with Crippen molar-refractivity contribution < 1.29 is 0 Å². The number of H-pyrrole nitrogens is 1. The normalized spacial score (nSPS) is 10.0. The molecule has 0 aliphatic heterocycles. The molecule has 0 bridgehead atoms. The molecule has 1 heterocycles. The molecule has 0 saturated carbocycles. The lowest BCUT2D eigenvalue weighted by atomic mass is 10.2. The zero-order chi connectivity index (χ0) is 8.27. The molecule has 4 heteroatoms. The first-order valence-corrected chi connectivity index (χ1v) is 5.34. The average molecular weight is 281 g/mol. The number of aromatic amines is 1. The quantitative estimate of drug-likeness (QED) is 0.828. The van der Waals surface area contributed by atoms with E-state index in [4.69, 9.17) is 0 Å². The fraction of sp³-hybridized carbons (Fsp3) is 0.286. The molecule has 0 aliphatic carbocycles. The highest BCUT2D eigenvalue weighted by Gasteiger charge is 1.97. The molecule has 0 amide bonds. The lowest BCUT2D eigenvalue weighted by Crippen LogP contribution is -2.10. The molecule has 1 aromatic rings. The number of hydrogen-bond acceptors (Lipinski definition) is 1. The summed E-state index contributed by atoms with van der Waals surface area (Å²) < 4.78 is 0. The minimum Gasteiger partial charge on any atom is -0.329 e. The summed E-state index contributed by atoms with van der Waals surface area (Å²) in [4.78, 5) is 13.7. The van der Waals surface area contributed by atoms with Gasteiger partial charge in [0.2, 0.25) is 0 Å². The van der Waals surface area contributed by atoms with Gasteiger partial charge in [0.25, 0.3) is 5.56 Å². The van der Waals surface area contributed by atoms with E-state index in [1.165, 1.54) is 0 Å². The van der Waals surface area contributed by atoms with Crippen molar-refractivity contribution in [2.45, 2.75) is 10.7 Å². The molecule has 0 radical (unpaired) electrons. The Balaban J connectivity index is 3.13. The molecule has 2 nitrogen and oxygen atoms in total. The Kier molecular flexibility index (Phi) is 3.33. The summed E-state index contributed by atoms with van der Waals surface area (Å²) in [5.74, 6) is 0. The predicted molar refractivity (Wildman–Crippen MR) is 52.3 cm³/mol. The van der Waals surface area contributed by atoms with Crippen LogP contribution in [0.1, 0.15) is 11.1 Å². The highest BCUT2D eigenvalue weighted by atomic mass is 79.9. The van der Waals surface area contributed by atoms with Crippen molar-refractivity contribution in [1.82, 2.24) is 4.98 Å². The maximum Gasteiger partial charge on any atom is 0.251 e. The predicted octanol–water partition coefficient (Wildman–Crippen LogP) is 2.16. The number of nitrogens with one attached hydrogen (secondary N) is 1. The number of hydrogen-bond donors (Lipinski definition) is 1. The first-order valence-electron chi connectivity index (χ1n) is 3.10. The van der Waals surface area contributed by atoms with Crippen molar-refractivity contribution in [3.05, 3.63) is 33.7 Å². The van der Waals surface area contributed by atoms with Gasteiger partial charge in [0.05, 0.1) is 0 Å². The first-order chi connectivity index (χ1) is 5.27. The van der Waals surface area contributed by atoms with E-state index in [0.29, 0.717) is 5.33 Å². The van der Waals surface area contributed by atoms with Crippen LogP contribution < -0.4 is 5.56 Å². The van der Waals surface area contributed by atoms with Crippen LogP contribution in [0.15, 0.2) is 17.1 Å². The van der Waals surface area contributed by atoms with Crippen molar-refractivity contribution in [3.63, 3.8) is 0 Å². The van der Waals surface area contributed by atoms with E-state index < -0.39 is 0 Å². The third kappa shape index (κ3) is 2.17. The Labute approximate surface area is 81.3 Å². The molecule has 1 aromatic heterocycles. The Morgan fingerprint density at radius 3 is 2.64 bits per heavy atom. The molecule has 1 N–H and O–H groups in total. The Morgan fingerprint density at radius 1 is 1.36 bits per heavy atom. The van der Waals surface area contributed by atoms with Gasteiger partial charge in [0.15, 0.2) is 0 Å². The van der Waals surface area contributed by atoms with Crippen molar-refractivity contribution >= 4 is 31.9 Å². The molecule has 0 aliphatic rings. The Bertz CT molecular complexity index is 295. The van der Waals surface area contributed by atoms with Gasteiger partial charge in [0.1, 0.15) is 0 Å². The summed E-state index contributed by atoms with van der Waals surface area (Å²) in [6, 6.07) is 1.88. The van der Waals surface area contributed by atoms with E-state index in [0.717, 1.165) is 16.5 Å². The summed E-state index contributed by atoms with van der Waals surface area (Å²) >= 11 is 6.54. The van der Waals surface area contributed by atoms with Crippen LogP contribution in [0, 0.1) is 0 Å². The fourth-order valence-electron chi connectivity index (χ4n) is 0.758. The van der Waals surface area contributed by atoms with Crippen LogP contribution in [0.3, 0.4) is 0 Å². The van der Waals surface area contributed by atoms with Crippen LogP contribution in [0.5, 0.6) is 0 Å². The van der Waals surface area contributed by atoms with E-state index in [9.17, 15) is 4.79 Å². The lowest BCUT2D eigenvalue weighted by Gasteiger charge is -1.96. The van der Waals surface area contributed by atoms with Crippen LogP contribution in [0.4, 0.5) is 0 Å². The molecule has 60 valence electrons.